The zero-order valence-corrected chi connectivity index (χ0v) is 25.4. The Morgan fingerprint density at radius 3 is 2.07 bits per heavy atom. The largest absolute Gasteiger partial charge is 0.493 e. The number of amidine groups is 1. The predicted molar refractivity (Wildman–Crippen MR) is 175 cm³/mol. The summed E-state index contributed by atoms with van der Waals surface area (Å²) in [5.41, 5.74) is 15.2. The van der Waals surface area contributed by atoms with Gasteiger partial charge in [-0.2, -0.15) is 0 Å². The molecule has 0 bridgehead atoms. The maximum absolute atomic E-state index is 13.7. The van der Waals surface area contributed by atoms with E-state index in [1.54, 1.807) is 66.7 Å². The van der Waals surface area contributed by atoms with E-state index in [9.17, 15) is 14.7 Å². The van der Waals surface area contributed by atoms with Gasteiger partial charge in [-0.05, 0) is 65.2 Å². The first kappa shape index (κ1) is 34.5. The minimum atomic E-state index is -1.19. The molecule has 0 aliphatic rings. The number of anilines is 2. The number of carboxylic acids is 2. The van der Waals surface area contributed by atoms with Crippen LogP contribution in [-0.4, -0.2) is 47.0 Å². The van der Waals surface area contributed by atoms with Gasteiger partial charge in [0.1, 0.15) is 24.5 Å². The highest BCUT2D eigenvalue weighted by atomic mass is 16.5. The number of carbonyl (C=O) groups excluding carboxylic acids is 1. The van der Waals surface area contributed by atoms with Crippen molar-refractivity contribution in [1.29, 1.82) is 5.41 Å². The monoisotopic (exact) mass is 627 g/mol. The van der Waals surface area contributed by atoms with E-state index in [2.05, 4.69) is 10.6 Å². The Morgan fingerprint density at radius 2 is 1.50 bits per heavy atom. The van der Waals surface area contributed by atoms with Crippen LogP contribution >= 0.6 is 0 Å². The first-order valence-corrected chi connectivity index (χ1v) is 14.1. The number of aliphatic carboxylic acids is 2. The van der Waals surface area contributed by atoms with Crippen LogP contribution in [0, 0.1) is 5.41 Å². The number of benzene rings is 4. The van der Waals surface area contributed by atoms with E-state index < -0.39 is 29.9 Å². The molecular weight excluding hydrogens is 590 g/mol. The Balaban J connectivity index is 0.00000136. The fourth-order valence-electron chi connectivity index (χ4n) is 4.28. The number of amides is 1. The second kappa shape index (κ2) is 16.7. The lowest BCUT2D eigenvalue weighted by molar-refractivity contribution is -0.142. The Labute approximate surface area is 266 Å². The van der Waals surface area contributed by atoms with E-state index in [-0.39, 0.29) is 12.3 Å². The van der Waals surface area contributed by atoms with Crippen LogP contribution in [0.3, 0.4) is 0 Å². The van der Waals surface area contributed by atoms with Crippen LogP contribution in [0.25, 0.3) is 0 Å². The van der Waals surface area contributed by atoms with Crippen molar-refractivity contribution in [3.8, 4) is 11.5 Å². The first-order valence-electron chi connectivity index (χ1n) is 14.1. The Hall–Kier alpha value is -6.04. The maximum atomic E-state index is 13.7. The molecule has 0 saturated heterocycles. The number of nitrogens with two attached hydrogens (primary N) is 2. The number of ether oxygens (including phenoxy) is 2. The minimum absolute atomic E-state index is 0.0664. The Kier molecular flexibility index (Phi) is 12.5. The summed E-state index contributed by atoms with van der Waals surface area (Å²) in [7, 11) is 1.50. The van der Waals surface area contributed by atoms with Crippen LogP contribution in [0.4, 0.5) is 11.4 Å². The van der Waals surface area contributed by atoms with Gasteiger partial charge < -0.3 is 41.8 Å². The second-order valence-electron chi connectivity index (χ2n) is 10.1. The number of carbonyl (C=O) groups is 3. The van der Waals surface area contributed by atoms with E-state index >= 15 is 0 Å². The lowest BCUT2D eigenvalue weighted by Gasteiger charge is -2.24. The van der Waals surface area contributed by atoms with Gasteiger partial charge in [-0.3, -0.25) is 15.0 Å². The average molecular weight is 628 g/mol. The van der Waals surface area contributed by atoms with Gasteiger partial charge in [0.2, 0.25) is 5.91 Å². The number of carboxylic acid groups (broad SMARTS) is 2. The summed E-state index contributed by atoms with van der Waals surface area (Å²) in [5.74, 6) is -1.76. The van der Waals surface area contributed by atoms with Gasteiger partial charge in [-0.15, -0.1) is 0 Å². The number of methoxy groups -OCH3 is 1. The van der Waals surface area contributed by atoms with Crippen LogP contribution in [0.1, 0.15) is 35.2 Å². The van der Waals surface area contributed by atoms with Crippen molar-refractivity contribution in [2.45, 2.75) is 32.0 Å². The summed E-state index contributed by atoms with van der Waals surface area (Å²) in [6, 6.07) is 26.1. The fourth-order valence-corrected chi connectivity index (χ4v) is 4.28. The molecule has 12 heteroatoms. The van der Waals surface area contributed by atoms with E-state index in [1.165, 1.54) is 7.11 Å². The van der Waals surface area contributed by atoms with Gasteiger partial charge in [0.05, 0.1) is 7.11 Å². The highest BCUT2D eigenvalue weighted by Crippen LogP contribution is 2.32. The van der Waals surface area contributed by atoms with Crippen molar-refractivity contribution in [3.63, 3.8) is 0 Å². The van der Waals surface area contributed by atoms with E-state index in [1.807, 2.05) is 30.3 Å². The number of hydrogen-bond acceptors (Lipinski definition) is 8. The molecule has 12 nitrogen and oxygen atoms in total. The summed E-state index contributed by atoms with van der Waals surface area (Å²) >= 11 is 0. The predicted octanol–water partition coefficient (Wildman–Crippen LogP) is 4.20. The molecule has 0 spiro atoms. The molecule has 2 atom stereocenters. The molecule has 0 saturated carbocycles. The molecule has 0 aliphatic carbocycles. The van der Waals surface area contributed by atoms with E-state index in [0.717, 1.165) is 12.5 Å². The molecular formula is C34H37N5O7. The summed E-state index contributed by atoms with van der Waals surface area (Å²) < 4.78 is 11.5. The molecule has 0 heterocycles. The van der Waals surface area contributed by atoms with Crippen molar-refractivity contribution < 1.29 is 34.1 Å². The highest BCUT2D eigenvalue weighted by Gasteiger charge is 2.28. The lowest BCUT2D eigenvalue weighted by Crippen LogP contribution is -2.45. The standard InChI is InChI=1S/C32H33N5O5.C2H4O2/c1-41-28-18-23(11-16-27(28)42-19-21-5-3-2-4-6-21)29(36-25-14-9-22(10-15-25)30(34)35)31(38)37-26(32(39)40)17-20-7-12-24(33)13-8-20;1-2(3)4/h2-16,18,26,29,36H,17,19,33H2,1H3,(H3,34,35)(H,37,38)(H,39,40);1H3,(H,3,4)/t26-,29-;/m0./s1. The molecule has 9 N–H and O–H groups in total. The van der Waals surface area contributed by atoms with Gasteiger partial charge >= 0.3 is 5.97 Å². The topological polar surface area (TPSA) is 210 Å². The van der Waals surface area contributed by atoms with E-state index in [0.29, 0.717) is 46.2 Å². The molecule has 240 valence electrons. The van der Waals surface area contributed by atoms with Gasteiger partial charge in [0.25, 0.3) is 5.97 Å². The van der Waals surface area contributed by atoms with Crippen molar-refractivity contribution in [3.05, 3.63) is 119 Å². The van der Waals surface area contributed by atoms with Gasteiger partial charge in [-0.1, -0.05) is 48.5 Å². The van der Waals surface area contributed by atoms with Crippen molar-refractivity contribution >= 4 is 35.1 Å². The zero-order chi connectivity index (χ0) is 33.6. The SMILES string of the molecule is CC(=O)O.COc1cc([C@H](Nc2ccc(C(=N)N)cc2)C(=O)N[C@@H](Cc2ccc(N)cc2)C(=O)O)ccc1OCc1ccccc1. The van der Waals surface area contributed by atoms with Gasteiger partial charge in [-0.25, -0.2) is 4.79 Å². The molecule has 46 heavy (non-hydrogen) atoms. The number of rotatable bonds is 13. The van der Waals surface area contributed by atoms with Crippen LogP contribution in [0.5, 0.6) is 11.5 Å². The number of nitrogen functional groups attached to an aromatic ring is 2. The molecule has 4 rings (SSSR count). The van der Waals surface area contributed by atoms with Gasteiger partial charge in [0, 0.05) is 30.3 Å². The van der Waals surface area contributed by atoms with Crippen molar-refractivity contribution in [2.75, 3.05) is 18.2 Å². The van der Waals surface area contributed by atoms with Crippen molar-refractivity contribution in [2.24, 2.45) is 5.73 Å². The highest BCUT2D eigenvalue weighted by molar-refractivity contribution is 5.95. The van der Waals surface area contributed by atoms with Gasteiger partial charge in [0.15, 0.2) is 11.5 Å². The third kappa shape index (κ3) is 10.6. The third-order valence-corrected chi connectivity index (χ3v) is 6.56. The Bertz CT molecular complexity index is 1620. The molecule has 0 aromatic heterocycles. The molecule has 0 radical (unpaired) electrons. The van der Waals surface area contributed by atoms with Crippen LogP contribution in [-0.2, 0) is 27.4 Å². The van der Waals surface area contributed by atoms with Crippen molar-refractivity contribution in [1.82, 2.24) is 5.32 Å². The first-order chi connectivity index (χ1) is 22.0. The summed E-state index contributed by atoms with van der Waals surface area (Å²) in [6.07, 6.45) is 0.0664. The number of hydrogen-bond donors (Lipinski definition) is 7. The summed E-state index contributed by atoms with van der Waals surface area (Å²) in [5, 5.41) is 30.8. The molecule has 4 aromatic rings. The second-order valence-corrected chi connectivity index (χ2v) is 10.1. The molecule has 0 aliphatic heterocycles. The quantitative estimate of drug-likeness (QED) is 0.0638. The molecule has 1 amide bonds. The Morgan fingerprint density at radius 1 is 0.870 bits per heavy atom. The zero-order valence-electron chi connectivity index (χ0n) is 25.4. The smallest absolute Gasteiger partial charge is 0.326 e. The third-order valence-electron chi connectivity index (χ3n) is 6.56. The van der Waals surface area contributed by atoms with Crippen LogP contribution < -0.4 is 31.6 Å². The lowest BCUT2D eigenvalue weighted by atomic mass is 10.0. The summed E-state index contributed by atoms with van der Waals surface area (Å²) in [6.45, 7) is 1.41. The van der Waals surface area contributed by atoms with Crippen LogP contribution in [0.15, 0.2) is 97.1 Å². The molecule has 0 unspecified atom stereocenters. The average Bonchev–Trinajstić information content (AvgIpc) is 3.03. The fraction of sp³-hybridized carbons (Fsp3) is 0.176. The maximum Gasteiger partial charge on any atom is 0.326 e. The summed E-state index contributed by atoms with van der Waals surface area (Å²) in [4.78, 5) is 34.8. The number of nitrogens with one attached hydrogen (secondary N) is 3. The van der Waals surface area contributed by atoms with E-state index in [4.69, 9.17) is 36.3 Å². The molecule has 4 aromatic carbocycles. The normalized spacial score (nSPS) is 11.5. The van der Waals surface area contributed by atoms with Crippen LogP contribution in [0.2, 0.25) is 0 Å². The minimum Gasteiger partial charge on any atom is -0.493 e. The molecule has 0 fully saturated rings.